The van der Waals surface area contributed by atoms with Crippen LogP contribution in [0.25, 0.3) is 0 Å². The van der Waals surface area contributed by atoms with E-state index < -0.39 is 10.0 Å². The second kappa shape index (κ2) is 5.43. The highest BCUT2D eigenvalue weighted by Crippen LogP contribution is 2.31. The summed E-state index contributed by atoms with van der Waals surface area (Å²) in [7, 11) is -3.64. The fourth-order valence-corrected chi connectivity index (χ4v) is 4.67. The van der Waals surface area contributed by atoms with Gasteiger partial charge in [-0.15, -0.1) is 0 Å². The summed E-state index contributed by atoms with van der Waals surface area (Å²) < 4.78 is 27.1. The van der Waals surface area contributed by atoms with Crippen LogP contribution < -0.4 is 5.73 Å². The molecule has 1 aromatic carbocycles. The molecule has 0 amide bonds. The van der Waals surface area contributed by atoms with E-state index in [1.165, 1.54) is 22.5 Å². The summed E-state index contributed by atoms with van der Waals surface area (Å²) >= 11 is 0. The van der Waals surface area contributed by atoms with Crippen molar-refractivity contribution in [1.82, 2.24) is 4.31 Å². The molecule has 0 spiro atoms. The minimum absolute atomic E-state index is 0.00379. The minimum atomic E-state index is -3.64. The summed E-state index contributed by atoms with van der Waals surface area (Å²) in [5.41, 5.74) is 6.12. The highest BCUT2D eigenvalue weighted by Gasteiger charge is 2.37. The molecule has 1 aliphatic rings. The largest absolute Gasteiger partial charge is 0.399 e. The molecular formula is C14H19N3O2S. The van der Waals surface area contributed by atoms with Gasteiger partial charge in [-0.3, -0.25) is 0 Å². The van der Waals surface area contributed by atoms with Gasteiger partial charge in [0.25, 0.3) is 0 Å². The van der Waals surface area contributed by atoms with Gasteiger partial charge in [0.1, 0.15) is 11.0 Å². The summed E-state index contributed by atoms with van der Waals surface area (Å²) in [4.78, 5) is 0.0572. The van der Waals surface area contributed by atoms with Crippen LogP contribution in [0.3, 0.4) is 0 Å². The third kappa shape index (κ3) is 2.51. The van der Waals surface area contributed by atoms with Crippen LogP contribution in [0.15, 0.2) is 23.1 Å². The van der Waals surface area contributed by atoms with Gasteiger partial charge in [0.2, 0.25) is 10.0 Å². The Hall–Kier alpha value is -1.58. The van der Waals surface area contributed by atoms with Gasteiger partial charge in [-0.1, -0.05) is 13.8 Å². The third-order valence-electron chi connectivity index (χ3n) is 3.73. The number of nitrogen functional groups attached to an aromatic ring is 1. The van der Waals surface area contributed by atoms with Crippen molar-refractivity contribution in [2.75, 3.05) is 12.3 Å². The molecule has 0 bridgehead atoms. The van der Waals surface area contributed by atoms with Gasteiger partial charge in [0, 0.05) is 18.3 Å². The zero-order valence-electron chi connectivity index (χ0n) is 11.7. The van der Waals surface area contributed by atoms with E-state index in [1.807, 2.05) is 19.9 Å². The quantitative estimate of drug-likeness (QED) is 0.863. The highest BCUT2D eigenvalue weighted by atomic mass is 32.2. The van der Waals surface area contributed by atoms with Crippen LogP contribution in [-0.2, 0) is 10.0 Å². The molecular weight excluding hydrogens is 274 g/mol. The van der Waals surface area contributed by atoms with Gasteiger partial charge in [-0.2, -0.15) is 9.57 Å². The van der Waals surface area contributed by atoms with Gasteiger partial charge in [-0.05, 0) is 37.0 Å². The van der Waals surface area contributed by atoms with Crippen molar-refractivity contribution >= 4 is 15.7 Å². The van der Waals surface area contributed by atoms with E-state index >= 15 is 0 Å². The second-order valence-corrected chi connectivity index (χ2v) is 7.30. The number of rotatable bonds is 3. The lowest BCUT2D eigenvalue weighted by Gasteiger charge is -2.27. The average molecular weight is 293 g/mol. The molecule has 1 aliphatic heterocycles. The Kier molecular flexibility index (Phi) is 4.02. The molecule has 1 heterocycles. The molecule has 0 aromatic heterocycles. The molecule has 0 radical (unpaired) electrons. The van der Waals surface area contributed by atoms with Gasteiger partial charge in [0.05, 0.1) is 5.56 Å². The molecule has 108 valence electrons. The predicted octanol–water partition coefficient (Wildman–Crippen LogP) is 1.95. The lowest BCUT2D eigenvalue weighted by Crippen LogP contribution is -2.38. The highest BCUT2D eigenvalue weighted by molar-refractivity contribution is 7.89. The minimum Gasteiger partial charge on any atom is -0.399 e. The van der Waals surface area contributed by atoms with E-state index in [2.05, 4.69) is 0 Å². The van der Waals surface area contributed by atoms with Crippen molar-refractivity contribution in [1.29, 1.82) is 5.26 Å². The first kappa shape index (κ1) is 14.8. The van der Waals surface area contributed by atoms with Crippen molar-refractivity contribution in [3.05, 3.63) is 23.8 Å². The summed E-state index contributed by atoms with van der Waals surface area (Å²) in [6.45, 7) is 4.56. The molecule has 1 atom stereocenters. The molecule has 2 N–H and O–H groups in total. The Labute approximate surface area is 120 Å². The van der Waals surface area contributed by atoms with Crippen LogP contribution in [0.5, 0.6) is 0 Å². The molecule has 6 heteroatoms. The fourth-order valence-electron chi connectivity index (χ4n) is 2.72. The van der Waals surface area contributed by atoms with Crippen LogP contribution in [0.1, 0.15) is 32.3 Å². The standard InChI is InChI=1S/C14H19N3O2S/c1-10(2)13-4-3-7-17(13)20(18,19)14-6-5-12(16)8-11(14)9-15/h5-6,8,10,13H,3-4,7,16H2,1-2H3. The first-order chi connectivity index (χ1) is 9.37. The Balaban J connectivity index is 2.48. The molecule has 1 unspecified atom stereocenters. The second-order valence-electron chi connectivity index (χ2n) is 5.44. The number of sulfonamides is 1. The molecule has 1 saturated heterocycles. The number of nitrogens with two attached hydrogens (primary N) is 1. The van der Waals surface area contributed by atoms with Crippen molar-refractivity contribution in [2.24, 2.45) is 5.92 Å². The van der Waals surface area contributed by atoms with Crippen LogP contribution >= 0.6 is 0 Å². The van der Waals surface area contributed by atoms with Gasteiger partial charge in [0.15, 0.2) is 0 Å². The van der Waals surface area contributed by atoms with E-state index in [9.17, 15) is 8.42 Å². The fraction of sp³-hybridized carbons (Fsp3) is 0.500. The number of hydrogen-bond acceptors (Lipinski definition) is 4. The maximum atomic E-state index is 12.8. The maximum Gasteiger partial charge on any atom is 0.244 e. The van der Waals surface area contributed by atoms with E-state index in [-0.39, 0.29) is 22.4 Å². The normalized spacial score (nSPS) is 20.2. The van der Waals surface area contributed by atoms with Gasteiger partial charge >= 0.3 is 0 Å². The van der Waals surface area contributed by atoms with E-state index in [0.717, 1.165) is 12.8 Å². The molecule has 20 heavy (non-hydrogen) atoms. The van der Waals surface area contributed by atoms with Crippen LogP contribution in [0.2, 0.25) is 0 Å². The third-order valence-corrected chi connectivity index (χ3v) is 5.71. The lowest BCUT2D eigenvalue weighted by atomic mass is 10.0. The smallest absolute Gasteiger partial charge is 0.244 e. The van der Waals surface area contributed by atoms with E-state index in [1.54, 1.807) is 0 Å². The van der Waals surface area contributed by atoms with Crippen molar-refractivity contribution in [3.63, 3.8) is 0 Å². The summed E-state index contributed by atoms with van der Waals surface area (Å²) in [5, 5.41) is 9.14. The first-order valence-corrected chi connectivity index (χ1v) is 8.13. The number of anilines is 1. The van der Waals surface area contributed by atoms with E-state index in [0.29, 0.717) is 12.2 Å². The summed E-state index contributed by atoms with van der Waals surface area (Å²) in [6.07, 6.45) is 1.73. The SMILES string of the molecule is CC(C)C1CCCN1S(=O)(=O)c1ccc(N)cc1C#N. The molecule has 1 aromatic rings. The Morgan fingerprint density at radius 2 is 2.15 bits per heavy atom. The first-order valence-electron chi connectivity index (χ1n) is 6.69. The number of hydrogen-bond donors (Lipinski definition) is 1. The van der Waals surface area contributed by atoms with Crippen LogP contribution in [-0.4, -0.2) is 25.3 Å². The number of nitrogens with zero attached hydrogens (tertiary/aromatic N) is 2. The zero-order valence-corrected chi connectivity index (χ0v) is 12.5. The maximum absolute atomic E-state index is 12.8. The van der Waals surface area contributed by atoms with Crippen molar-refractivity contribution in [2.45, 2.75) is 37.6 Å². The van der Waals surface area contributed by atoms with E-state index in [4.69, 9.17) is 11.0 Å². The van der Waals surface area contributed by atoms with Crippen LogP contribution in [0, 0.1) is 17.2 Å². The number of benzene rings is 1. The van der Waals surface area contributed by atoms with Crippen molar-refractivity contribution in [3.8, 4) is 6.07 Å². The van der Waals surface area contributed by atoms with Gasteiger partial charge in [-0.25, -0.2) is 8.42 Å². The van der Waals surface area contributed by atoms with Gasteiger partial charge < -0.3 is 5.73 Å². The molecule has 5 nitrogen and oxygen atoms in total. The predicted molar refractivity (Wildman–Crippen MR) is 77.3 cm³/mol. The van der Waals surface area contributed by atoms with Crippen molar-refractivity contribution < 1.29 is 8.42 Å². The topological polar surface area (TPSA) is 87.2 Å². The summed E-state index contributed by atoms with van der Waals surface area (Å²) in [5.74, 6) is 0.256. The molecule has 1 fully saturated rings. The summed E-state index contributed by atoms with van der Waals surface area (Å²) in [6, 6.07) is 6.29. The molecule has 0 aliphatic carbocycles. The number of nitriles is 1. The average Bonchev–Trinajstić information content (AvgIpc) is 2.88. The monoisotopic (exact) mass is 293 g/mol. The Bertz CT molecular complexity index is 647. The van der Waals surface area contributed by atoms with Crippen LogP contribution in [0.4, 0.5) is 5.69 Å². The molecule has 2 rings (SSSR count). The Morgan fingerprint density at radius 1 is 1.45 bits per heavy atom. The zero-order chi connectivity index (χ0) is 14.9. The Morgan fingerprint density at radius 3 is 2.75 bits per heavy atom. The lowest BCUT2D eigenvalue weighted by molar-refractivity contribution is 0.315. The molecule has 0 saturated carbocycles.